The van der Waals surface area contributed by atoms with Gasteiger partial charge in [0.05, 0.1) is 29.7 Å². The second-order valence-electron chi connectivity index (χ2n) is 11.1. The van der Waals surface area contributed by atoms with Crippen LogP contribution in [0.4, 0.5) is 13.6 Å². The summed E-state index contributed by atoms with van der Waals surface area (Å²) in [5.74, 6) is 5.44. The third-order valence-corrected chi connectivity index (χ3v) is 6.88. The highest BCUT2D eigenvalue weighted by Crippen LogP contribution is 2.49. The first kappa shape index (κ1) is 23.7. The molecule has 0 N–H and O–H groups in total. The highest BCUT2D eigenvalue weighted by atomic mass is 19.3. The van der Waals surface area contributed by atoms with Crippen LogP contribution in [-0.2, 0) is 4.74 Å². The Morgan fingerprint density at radius 1 is 1.25 bits per heavy atom. The predicted molar refractivity (Wildman–Crippen MR) is 145 cm³/mol. The number of hydrogen-bond donors (Lipinski definition) is 0. The number of carbonyl (C=O) groups excluding carboxylic acids is 2. The summed E-state index contributed by atoms with van der Waals surface area (Å²) in [6.07, 6.45) is -0.355. The van der Waals surface area contributed by atoms with Gasteiger partial charge in [-0.3, -0.25) is 9.69 Å². The second-order valence-corrected chi connectivity index (χ2v) is 11.1. The normalized spacial score (nSPS) is 19.3. The maximum absolute atomic E-state index is 13.6. The number of nitrogens with zero attached hydrogens (tertiary/aromatic N) is 4. The molecule has 8 nitrogen and oxygen atoms in total. The fourth-order valence-electron chi connectivity index (χ4n) is 5.19. The summed E-state index contributed by atoms with van der Waals surface area (Å²) in [6, 6.07) is 7.65. The van der Waals surface area contributed by atoms with Crippen LogP contribution >= 0.6 is 0 Å². The van der Waals surface area contributed by atoms with Crippen LogP contribution in [0.2, 0.25) is 0 Å². The second kappa shape index (κ2) is 10.1. The van der Waals surface area contributed by atoms with Crippen LogP contribution in [0.15, 0.2) is 36.4 Å². The molecular formula is C30H32F2N4O4. The van der Waals surface area contributed by atoms with E-state index in [1.54, 1.807) is 43.5 Å². The molecule has 0 fully saturated rings. The van der Waals surface area contributed by atoms with E-state index in [1.165, 1.54) is 23.1 Å². The summed E-state index contributed by atoms with van der Waals surface area (Å²) in [5.41, 5.74) is 1.25. The number of ether oxygens (including phenoxy) is 2. The summed E-state index contributed by atoms with van der Waals surface area (Å²) in [4.78, 5) is 33.2. The number of aromatic nitrogens is 2. The van der Waals surface area contributed by atoms with Crippen LogP contribution in [0.1, 0.15) is 84.5 Å². The molecule has 1 aromatic heterocycles. The molecule has 2 atom stereocenters. The van der Waals surface area contributed by atoms with Crippen LogP contribution in [0.3, 0.4) is 0 Å². The molecule has 0 aliphatic carbocycles. The predicted octanol–water partition coefficient (Wildman–Crippen LogP) is 5.75. The molecule has 2 aliphatic rings. The lowest BCUT2D eigenvalue weighted by Crippen LogP contribution is -2.41. The zero-order valence-corrected chi connectivity index (χ0v) is 22.9. The van der Waals surface area contributed by atoms with Crippen molar-refractivity contribution in [1.82, 2.24) is 19.4 Å². The molecule has 2 amide bonds. The summed E-state index contributed by atoms with van der Waals surface area (Å²) in [6.45, 7) is 3.27. The Hall–Kier alpha value is -4.13. The van der Waals surface area contributed by atoms with Crippen LogP contribution in [-0.4, -0.2) is 63.1 Å². The minimum absolute atomic E-state index is 0.0128. The van der Waals surface area contributed by atoms with Crippen molar-refractivity contribution in [3.05, 3.63) is 58.9 Å². The number of alkyl halides is 2. The van der Waals surface area contributed by atoms with Crippen molar-refractivity contribution in [1.29, 1.82) is 0 Å². The summed E-state index contributed by atoms with van der Waals surface area (Å²) >= 11 is 0. The van der Waals surface area contributed by atoms with E-state index >= 15 is 0 Å². The van der Waals surface area contributed by atoms with Gasteiger partial charge in [-0.2, -0.15) is 8.78 Å². The number of amides is 2. The fourth-order valence-corrected chi connectivity index (χ4v) is 5.19. The summed E-state index contributed by atoms with van der Waals surface area (Å²) in [5, 5.41) is 0. The Balaban J connectivity index is 1.59. The van der Waals surface area contributed by atoms with E-state index in [0.717, 1.165) is 4.90 Å². The third-order valence-electron chi connectivity index (χ3n) is 6.88. The minimum Gasteiger partial charge on any atom is -0.444 e. The van der Waals surface area contributed by atoms with Crippen LogP contribution in [0, 0.1) is 11.8 Å². The Morgan fingerprint density at radius 3 is 2.70 bits per heavy atom. The quantitative estimate of drug-likeness (QED) is 0.385. The molecule has 0 saturated carbocycles. The maximum Gasteiger partial charge on any atom is 0.411 e. The number of carbonyl (C=O) groups is 2. The molecule has 0 radical (unpaired) electrons. The maximum atomic E-state index is 13.6. The lowest BCUT2D eigenvalue weighted by atomic mass is 9.97. The number of benzene rings is 2. The monoisotopic (exact) mass is 553 g/mol. The molecule has 0 spiro atoms. The number of halogens is 2. The fraction of sp³-hybridized carbons (Fsp3) is 0.433. The van der Waals surface area contributed by atoms with Gasteiger partial charge < -0.3 is 18.9 Å². The summed E-state index contributed by atoms with van der Waals surface area (Å²) in [7, 11) is 0. The average molecular weight is 554 g/mol. The Labute approximate surface area is 236 Å². The van der Waals surface area contributed by atoms with Crippen molar-refractivity contribution >= 4 is 23.0 Å². The molecule has 40 heavy (non-hydrogen) atoms. The smallest absolute Gasteiger partial charge is 0.411 e. The van der Waals surface area contributed by atoms with E-state index in [0.29, 0.717) is 22.4 Å². The van der Waals surface area contributed by atoms with Gasteiger partial charge in [0.25, 0.3) is 5.91 Å². The molecule has 2 aliphatic heterocycles. The van der Waals surface area contributed by atoms with Gasteiger partial charge in [-0.05, 0) is 65.0 Å². The Bertz CT molecular complexity index is 1650. The zero-order chi connectivity index (χ0) is 31.4. The van der Waals surface area contributed by atoms with Crippen molar-refractivity contribution in [2.45, 2.75) is 71.4 Å². The molecule has 10 heteroatoms. The number of rotatable bonds is 4. The van der Waals surface area contributed by atoms with E-state index in [4.69, 9.17) is 13.6 Å². The van der Waals surface area contributed by atoms with Crippen molar-refractivity contribution in [2.24, 2.45) is 0 Å². The standard InChI is InChI=1S/C30H32F2N4O4/c1-17(2)35(29(38)40-30(3,4)5)14-8-9-18-12-13-20-21(15-18)36-22-16-23(26(36)33-20)34(6)27(37)19-10-7-11-24(25(19)22)39-28(31)32/h7,10-13,15,17,22-23,28H,14,16H2,1-6H3/t22-,23-/m1/s1/i6D3. The molecule has 0 unspecified atom stereocenters. The SMILES string of the molecule is [2H]C([2H])([2H])N1C(=O)c2cccc(OC(F)F)c2[C@H]2C[C@@H]1c1nc3ccc(C#CCN(C(=O)OC(C)(C)C)C(C)C)cc3n12. The molecule has 2 bridgehead atoms. The molecule has 3 aromatic rings. The average Bonchev–Trinajstić information content (AvgIpc) is 3.37. The first-order valence-corrected chi connectivity index (χ1v) is 13.0. The number of hydrogen-bond acceptors (Lipinski definition) is 5. The Kier molecular flexibility index (Phi) is 6.00. The first-order chi connectivity index (χ1) is 20.1. The van der Waals surface area contributed by atoms with Gasteiger partial charge >= 0.3 is 12.7 Å². The minimum atomic E-state index is -3.15. The zero-order valence-electron chi connectivity index (χ0n) is 25.9. The van der Waals surface area contributed by atoms with Gasteiger partial charge in [0.15, 0.2) is 0 Å². The molecule has 2 aromatic carbocycles. The molecule has 0 saturated heterocycles. The van der Waals surface area contributed by atoms with E-state index in [2.05, 4.69) is 16.8 Å². The van der Waals surface area contributed by atoms with Gasteiger partial charge in [0.1, 0.15) is 17.2 Å². The van der Waals surface area contributed by atoms with Gasteiger partial charge in [0.2, 0.25) is 0 Å². The topological polar surface area (TPSA) is 76.9 Å². The van der Waals surface area contributed by atoms with Gasteiger partial charge in [-0.15, -0.1) is 0 Å². The van der Waals surface area contributed by atoms with Crippen LogP contribution in [0.5, 0.6) is 5.75 Å². The van der Waals surface area contributed by atoms with E-state index in [-0.39, 0.29) is 35.9 Å². The van der Waals surface area contributed by atoms with Crippen LogP contribution < -0.4 is 4.74 Å². The number of fused-ring (bicyclic) bond motifs is 9. The highest BCUT2D eigenvalue weighted by molar-refractivity contribution is 5.97. The summed E-state index contributed by atoms with van der Waals surface area (Å²) < 4.78 is 63.4. The van der Waals surface area contributed by atoms with Crippen LogP contribution in [0.25, 0.3) is 11.0 Å². The van der Waals surface area contributed by atoms with E-state index in [9.17, 15) is 18.4 Å². The van der Waals surface area contributed by atoms with Crippen molar-refractivity contribution in [3.8, 4) is 17.6 Å². The van der Waals surface area contributed by atoms with Gasteiger partial charge in [-0.1, -0.05) is 17.9 Å². The van der Waals surface area contributed by atoms with E-state index < -0.39 is 43.3 Å². The third kappa shape index (κ3) is 4.96. The number of imidazole rings is 1. The largest absolute Gasteiger partial charge is 0.444 e. The van der Waals surface area contributed by atoms with Crippen molar-refractivity contribution in [2.75, 3.05) is 13.5 Å². The molecule has 5 rings (SSSR count). The Morgan fingerprint density at radius 2 is 2.02 bits per heavy atom. The van der Waals surface area contributed by atoms with Gasteiger partial charge in [-0.25, -0.2) is 9.78 Å². The van der Waals surface area contributed by atoms with Crippen molar-refractivity contribution in [3.63, 3.8) is 0 Å². The lowest BCUT2D eigenvalue weighted by Gasteiger charge is -2.28. The molecule has 3 heterocycles. The molecule has 210 valence electrons. The van der Waals surface area contributed by atoms with Gasteiger partial charge in [0, 0.05) is 40.2 Å². The highest BCUT2D eigenvalue weighted by Gasteiger charge is 2.45. The van der Waals surface area contributed by atoms with E-state index in [1.807, 2.05) is 13.8 Å². The first-order valence-electron chi connectivity index (χ1n) is 14.5. The lowest BCUT2D eigenvalue weighted by molar-refractivity contribution is -0.0507. The molecular weight excluding hydrogens is 518 g/mol. The van der Waals surface area contributed by atoms with Crippen molar-refractivity contribution < 1.29 is 32.0 Å².